The van der Waals surface area contributed by atoms with Gasteiger partial charge >= 0.3 is 5.97 Å². The van der Waals surface area contributed by atoms with Crippen molar-refractivity contribution in [2.24, 2.45) is 5.92 Å². The highest BCUT2D eigenvalue weighted by molar-refractivity contribution is 5.88. The second-order valence-electron chi connectivity index (χ2n) is 5.07. The summed E-state index contributed by atoms with van der Waals surface area (Å²) in [5.74, 6) is -0.379. The highest BCUT2D eigenvalue weighted by Gasteiger charge is 2.42. The van der Waals surface area contributed by atoms with Gasteiger partial charge in [0.25, 0.3) is 0 Å². The number of rotatable bonds is 3. The number of piperidine rings is 1. The minimum absolute atomic E-state index is 0.0915. The van der Waals surface area contributed by atoms with Crippen molar-refractivity contribution in [3.8, 4) is 0 Å². The summed E-state index contributed by atoms with van der Waals surface area (Å²) in [6.45, 7) is 1.84. The molecule has 1 amide bonds. The van der Waals surface area contributed by atoms with Crippen LogP contribution in [-0.2, 0) is 9.59 Å². The summed E-state index contributed by atoms with van der Waals surface area (Å²) in [5, 5.41) is 8.83. The van der Waals surface area contributed by atoms with Gasteiger partial charge < -0.3 is 10.0 Å². The van der Waals surface area contributed by atoms with Crippen LogP contribution in [0.4, 0.5) is 0 Å². The zero-order chi connectivity index (χ0) is 12.4. The van der Waals surface area contributed by atoms with Gasteiger partial charge in [0.15, 0.2) is 0 Å². The monoisotopic (exact) mass is 237 g/mol. The summed E-state index contributed by atoms with van der Waals surface area (Å²) < 4.78 is 0. The van der Waals surface area contributed by atoms with Crippen molar-refractivity contribution < 1.29 is 14.7 Å². The fraction of sp³-hybridized carbons (Fsp3) is 0.692. The van der Waals surface area contributed by atoms with Crippen molar-refractivity contribution in [2.45, 2.75) is 51.1 Å². The lowest BCUT2D eigenvalue weighted by Crippen LogP contribution is -2.46. The number of amides is 1. The average molecular weight is 237 g/mol. The van der Waals surface area contributed by atoms with Crippen molar-refractivity contribution in [3.63, 3.8) is 0 Å². The third-order valence-electron chi connectivity index (χ3n) is 3.86. The normalized spacial score (nSPS) is 32.1. The third-order valence-corrected chi connectivity index (χ3v) is 3.86. The Kier molecular flexibility index (Phi) is 3.50. The van der Waals surface area contributed by atoms with E-state index in [0.29, 0.717) is 0 Å². The van der Waals surface area contributed by atoms with E-state index in [0.717, 1.165) is 25.7 Å². The molecule has 0 aromatic heterocycles. The Morgan fingerprint density at radius 3 is 2.35 bits per heavy atom. The van der Waals surface area contributed by atoms with Gasteiger partial charge in [-0.25, -0.2) is 0 Å². The fourth-order valence-electron chi connectivity index (χ4n) is 3.29. The summed E-state index contributed by atoms with van der Waals surface area (Å²) in [5.41, 5.74) is 0. The molecular weight excluding hydrogens is 218 g/mol. The molecule has 2 aliphatic rings. The molecule has 0 spiro atoms. The number of carbonyl (C=O) groups is 2. The molecule has 2 aliphatic heterocycles. The molecule has 2 unspecified atom stereocenters. The first-order chi connectivity index (χ1) is 8.11. The Bertz CT molecular complexity index is 337. The number of fused-ring (bicyclic) bond motifs is 2. The first-order valence-corrected chi connectivity index (χ1v) is 6.28. The van der Waals surface area contributed by atoms with E-state index in [1.54, 1.807) is 12.2 Å². The molecule has 2 fully saturated rings. The van der Waals surface area contributed by atoms with Gasteiger partial charge in [0.1, 0.15) is 0 Å². The standard InChI is InChI=1S/C13H19NO3/c1-2-3-12(15)14-10-4-5-11(14)7-9(6-10)8-13(16)17/h2-3,9-11H,4-8H2,1H3,(H,16,17). The van der Waals surface area contributed by atoms with Crippen LogP contribution in [0.2, 0.25) is 0 Å². The van der Waals surface area contributed by atoms with Crippen molar-refractivity contribution in [1.29, 1.82) is 0 Å². The van der Waals surface area contributed by atoms with Gasteiger partial charge in [-0.2, -0.15) is 0 Å². The van der Waals surface area contributed by atoms with Crippen LogP contribution in [0.1, 0.15) is 39.0 Å². The van der Waals surface area contributed by atoms with Crippen LogP contribution in [0.15, 0.2) is 12.2 Å². The number of hydrogen-bond donors (Lipinski definition) is 1. The molecule has 94 valence electrons. The number of hydrogen-bond acceptors (Lipinski definition) is 2. The lowest BCUT2D eigenvalue weighted by Gasteiger charge is -2.38. The lowest BCUT2D eigenvalue weighted by molar-refractivity contribution is -0.139. The van der Waals surface area contributed by atoms with Crippen molar-refractivity contribution in [1.82, 2.24) is 4.90 Å². The van der Waals surface area contributed by atoms with E-state index >= 15 is 0 Å². The Balaban J connectivity index is 2.02. The van der Waals surface area contributed by atoms with Gasteiger partial charge in [-0.3, -0.25) is 9.59 Å². The first-order valence-electron chi connectivity index (χ1n) is 6.28. The topological polar surface area (TPSA) is 57.6 Å². The Labute approximate surface area is 101 Å². The Morgan fingerprint density at radius 1 is 1.29 bits per heavy atom. The maximum atomic E-state index is 11.9. The molecule has 2 atom stereocenters. The quantitative estimate of drug-likeness (QED) is 0.761. The van der Waals surface area contributed by atoms with Gasteiger partial charge in [-0.15, -0.1) is 0 Å². The second-order valence-corrected chi connectivity index (χ2v) is 5.07. The highest BCUT2D eigenvalue weighted by Crippen LogP contribution is 2.39. The predicted octanol–water partition coefficient (Wildman–Crippen LogP) is 1.81. The smallest absolute Gasteiger partial charge is 0.303 e. The van der Waals surface area contributed by atoms with Crippen LogP contribution in [0.5, 0.6) is 0 Å². The summed E-state index contributed by atoms with van der Waals surface area (Å²) in [6, 6.07) is 0.531. The largest absolute Gasteiger partial charge is 0.481 e. The van der Waals surface area contributed by atoms with Gasteiger partial charge in [-0.05, 0) is 44.6 Å². The molecule has 2 bridgehead atoms. The van der Waals surface area contributed by atoms with E-state index in [1.165, 1.54) is 0 Å². The molecule has 0 aliphatic carbocycles. The lowest BCUT2D eigenvalue weighted by atomic mass is 9.88. The molecule has 0 saturated carbocycles. The maximum absolute atomic E-state index is 11.9. The maximum Gasteiger partial charge on any atom is 0.303 e. The number of carboxylic acid groups (broad SMARTS) is 1. The number of carboxylic acids is 1. The Hall–Kier alpha value is -1.32. The van der Waals surface area contributed by atoms with Crippen LogP contribution in [0, 0.1) is 5.92 Å². The summed E-state index contributed by atoms with van der Waals surface area (Å²) in [7, 11) is 0. The van der Waals surface area contributed by atoms with Crippen LogP contribution in [0.3, 0.4) is 0 Å². The summed E-state index contributed by atoms with van der Waals surface area (Å²) in [4.78, 5) is 24.6. The summed E-state index contributed by atoms with van der Waals surface area (Å²) in [6.07, 6.45) is 7.40. The highest BCUT2D eigenvalue weighted by atomic mass is 16.4. The average Bonchev–Trinajstić information content (AvgIpc) is 2.50. The van der Waals surface area contributed by atoms with E-state index < -0.39 is 5.97 Å². The molecule has 2 saturated heterocycles. The zero-order valence-corrected chi connectivity index (χ0v) is 10.1. The van der Waals surface area contributed by atoms with E-state index in [9.17, 15) is 9.59 Å². The van der Waals surface area contributed by atoms with Crippen LogP contribution in [-0.4, -0.2) is 34.0 Å². The molecular formula is C13H19NO3. The fourth-order valence-corrected chi connectivity index (χ4v) is 3.29. The van der Waals surface area contributed by atoms with Gasteiger partial charge in [0.05, 0.1) is 0 Å². The zero-order valence-electron chi connectivity index (χ0n) is 10.1. The predicted molar refractivity (Wildman–Crippen MR) is 63.4 cm³/mol. The second kappa shape index (κ2) is 4.90. The van der Waals surface area contributed by atoms with Crippen LogP contribution < -0.4 is 0 Å². The molecule has 4 nitrogen and oxygen atoms in total. The molecule has 0 radical (unpaired) electrons. The van der Waals surface area contributed by atoms with E-state index in [1.807, 2.05) is 11.8 Å². The number of nitrogens with zero attached hydrogens (tertiary/aromatic N) is 1. The summed E-state index contributed by atoms with van der Waals surface area (Å²) >= 11 is 0. The third kappa shape index (κ3) is 2.51. The number of aliphatic carboxylic acids is 1. The van der Waals surface area contributed by atoms with Gasteiger partial charge in [-0.1, -0.05) is 6.08 Å². The van der Waals surface area contributed by atoms with Crippen molar-refractivity contribution in [2.75, 3.05) is 0 Å². The molecule has 2 rings (SSSR count). The minimum atomic E-state index is -0.720. The van der Waals surface area contributed by atoms with Gasteiger partial charge in [0, 0.05) is 18.5 Å². The molecule has 17 heavy (non-hydrogen) atoms. The van der Waals surface area contributed by atoms with E-state index in [4.69, 9.17) is 5.11 Å². The SMILES string of the molecule is CC=CC(=O)N1C2CCC1CC(CC(=O)O)C2. The number of allylic oxidation sites excluding steroid dienone is 1. The van der Waals surface area contributed by atoms with Crippen LogP contribution in [0.25, 0.3) is 0 Å². The molecule has 0 aromatic carbocycles. The molecule has 4 heteroatoms. The van der Waals surface area contributed by atoms with E-state index in [2.05, 4.69) is 0 Å². The Morgan fingerprint density at radius 2 is 1.88 bits per heavy atom. The van der Waals surface area contributed by atoms with Crippen LogP contribution >= 0.6 is 0 Å². The molecule has 1 N–H and O–H groups in total. The molecule has 0 aromatic rings. The molecule has 2 heterocycles. The first kappa shape index (κ1) is 12.1. The van der Waals surface area contributed by atoms with Crippen molar-refractivity contribution in [3.05, 3.63) is 12.2 Å². The van der Waals surface area contributed by atoms with Crippen molar-refractivity contribution >= 4 is 11.9 Å². The minimum Gasteiger partial charge on any atom is -0.481 e. The number of carbonyl (C=O) groups excluding carboxylic acids is 1. The van der Waals surface area contributed by atoms with Gasteiger partial charge in [0.2, 0.25) is 5.91 Å². The van der Waals surface area contributed by atoms with E-state index in [-0.39, 0.29) is 30.3 Å².